The summed E-state index contributed by atoms with van der Waals surface area (Å²) in [7, 11) is 0. The average molecular weight is 447 g/mol. The summed E-state index contributed by atoms with van der Waals surface area (Å²) in [5.74, 6) is 0. The lowest BCUT2D eigenvalue weighted by molar-refractivity contribution is -0.0125. The molecule has 6 atom stereocenters. The smallest absolute Gasteiger partial charge is 0.148 e. The molecule has 0 aromatic heterocycles. The Morgan fingerprint density at radius 1 is 1.30 bits per heavy atom. The predicted molar refractivity (Wildman–Crippen MR) is 92.4 cm³/mol. The van der Waals surface area contributed by atoms with Crippen molar-refractivity contribution in [1.29, 1.82) is 0 Å². The summed E-state index contributed by atoms with van der Waals surface area (Å²) in [6, 6.07) is 0. The van der Waals surface area contributed by atoms with Gasteiger partial charge < -0.3 is 4.74 Å². The molecule has 114 valence electrons. The second-order valence-corrected chi connectivity index (χ2v) is 10.9. The topological polar surface area (TPSA) is 9.23 Å². The molecule has 3 aliphatic rings. The van der Waals surface area contributed by atoms with E-state index >= 15 is 0 Å². The van der Waals surface area contributed by atoms with E-state index in [1.807, 2.05) is 0 Å². The van der Waals surface area contributed by atoms with Crippen molar-refractivity contribution in [2.75, 3.05) is 0 Å². The van der Waals surface area contributed by atoms with Gasteiger partial charge in [-0.1, -0.05) is 57.4 Å². The van der Waals surface area contributed by atoms with Crippen molar-refractivity contribution in [3.8, 4) is 0 Å². The Labute approximate surface area is 148 Å². The normalized spacial score (nSPS) is 57.2. The van der Waals surface area contributed by atoms with E-state index < -0.39 is 4.51 Å². The second kappa shape index (κ2) is 4.41. The fourth-order valence-electron chi connectivity index (χ4n) is 4.54. The first-order chi connectivity index (χ1) is 8.99. The van der Waals surface area contributed by atoms with Crippen LogP contribution in [0.3, 0.4) is 0 Å². The highest BCUT2D eigenvalue weighted by molar-refractivity contribution is 9.10. The monoisotopic (exact) mass is 444 g/mol. The molecule has 1 heterocycles. The molecule has 2 aliphatic carbocycles. The highest BCUT2D eigenvalue weighted by Gasteiger charge is 2.74. The van der Waals surface area contributed by atoms with Crippen molar-refractivity contribution in [2.45, 2.75) is 66.2 Å². The second-order valence-electron chi connectivity index (χ2n) is 7.25. The molecular weight excluding hydrogens is 427 g/mol. The molecule has 1 saturated heterocycles. The molecule has 1 saturated carbocycles. The molecule has 1 spiro atoms. The van der Waals surface area contributed by atoms with Crippen LogP contribution in [0.1, 0.15) is 40.5 Å². The predicted octanol–water partition coefficient (Wildman–Crippen LogP) is 5.61. The highest BCUT2D eigenvalue weighted by atomic mass is 79.9. The Balaban J connectivity index is 2.19. The van der Waals surface area contributed by atoms with E-state index in [0.29, 0.717) is 0 Å². The first-order valence-corrected chi connectivity index (χ1v) is 9.54. The minimum absolute atomic E-state index is 0.00947. The zero-order chi connectivity index (χ0) is 15.1. The van der Waals surface area contributed by atoms with Gasteiger partial charge in [0, 0.05) is 15.7 Å². The SMILES string of the molecule is CC1=C[C@H](Cl)[C@]2(Br)O[C@H]3C[C@](C)(Cl)[C@@H](Br)C[C@]13C2(C)C. The summed E-state index contributed by atoms with van der Waals surface area (Å²) in [6.45, 7) is 8.83. The van der Waals surface area contributed by atoms with Gasteiger partial charge in [-0.3, -0.25) is 0 Å². The molecule has 0 amide bonds. The largest absolute Gasteiger partial charge is 0.357 e. The van der Waals surface area contributed by atoms with Crippen molar-refractivity contribution in [1.82, 2.24) is 0 Å². The number of rotatable bonds is 0. The zero-order valence-corrected chi connectivity index (χ0v) is 16.8. The Morgan fingerprint density at radius 2 is 1.90 bits per heavy atom. The van der Waals surface area contributed by atoms with E-state index in [0.717, 1.165) is 12.8 Å². The maximum atomic E-state index is 6.70. The van der Waals surface area contributed by atoms with E-state index in [2.05, 4.69) is 65.6 Å². The molecule has 0 unspecified atom stereocenters. The summed E-state index contributed by atoms with van der Waals surface area (Å²) in [4.78, 5) is -0.0181. The van der Waals surface area contributed by atoms with Crippen LogP contribution in [0.5, 0.6) is 0 Å². The lowest BCUT2D eigenvalue weighted by Gasteiger charge is -2.56. The highest BCUT2D eigenvalue weighted by Crippen LogP contribution is 2.73. The molecule has 3 rings (SSSR count). The van der Waals surface area contributed by atoms with E-state index in [-0.39, 0.29) is 32.0 Å². The van der Waals surface area contributed by atoms with Crippen molar-refractivity contribution in [3.63, 3.8) is 0 Å². The summed E-state index contributed by atoms with van der Waals surface area (Å²) < 4.78 is 5.96. The lowest BCUT2D eigenvalue weighted by Crippen LogP contribution is -2.58. The quantitative estimate of drug-likeness (QED) is 0.347. The molecule has 1 nitrogen and oxygen atoms in total. The molecule has 0 N–H and O–H groups in total. The molecular formula is C15H20Br2Cl2O. The Morgan fingerprint density at radius 3 is 2.50 bits per heavy atom. The van der Waals surface area contributed by atoms with Crippen LogP contribution in [0, 0.1) is 10.8 Å². The van der Waals surface area contributed by atoms with Crippen LogP contribution < -0.4 is 0 Å². The molecule has 0 aromatic rings. The average Bonchev–Trinajstić information content (AvgIpc) is 2.41. The minimum Gasteiger partial charge on any atom is -0.357 e. The number of fused-ring (bicyclic) bond motifs is 1. The van der Waals surface area contributed by atoms with Gasteiger partial charge >= 0.3 is 0 Å². The van der Waals surface area contributed by atoms with Gasteiger partial charge in [-0.2, -0.15) is 0 Å². The summed E-state index contributed by atoms with van der Waals surface area (Å²) in [5, 5.41) is -0.163. The Hall–Kier alpha value is 1.24. The van der Waals surface area contributed by atoms with Gasteiger partial charge in [0.2, 0.25) is 0 Å². The van der Waals surface area contributed by atoms with Crippen molar-refractivity contribution in [2.24, 2.45) is 10.8 Å². The van der Waals surface area contributed by atoms with E-state index in [1.165, 1.54) is 5.57 Å². The summed E-state index contributed by atoms with van der Waals surface area (Å²) in [5.41, 5.74) is 1.25. The van der Waals surface area contributed by atoms with Crippen LogP contribution >= 0.6 is 55.1 Å². The first kappa shape index (κ1) is 16.1. The zero-order valence-electron chi connectivity index (χ0n) is 12.1. The third-order valence-electron chi connectivity index (χ3n) is 6.02. The van der Waals surface area contributed by atoms with Crippen molar-refractivity contribution < 1.29 is 4.74 Å². The van der Waals surface area contributed by atoms with Gasteiger partial charge in [-0.05, 0) is 26.7 Å². The van der Waals surface area contributed by atoms with Gasteiger partial charge in [0.25, 0.3) is 0 Å². The fourth-order valence-corrected chi connectivity index (χ4v) is 6.68. The Bertz CT molecular complexity index is 490. The Kier molecular flexibility index (Phi) is 3.55. The van der Waals surface area contributed by atoms with Crippen LogP contribution in [-0.4, -0.2) is 25.7 Å². The minimum atomic E-state index is -0.518. The number of alkyl halides is 4. The molecule has 2 fully saturated rings. The standard InChI is InChI=1S/C15H20Br2Cl2O/c1-8-5-10(18)15(17)12(2,3)14(8)6-9(16)13(4,19)7-11(14)20-15/h5,9-11H,6-7H2,1-4H3/t9-,10-,11-,13-,14-,15-/m0/s1. The molecule has 0 radical (unpaired) electrons. The van der Waals surface area contributed by atoms with Crippen LogP contribution in [0.4, 0.5) is 0 Å². The summed E-state index contributed by atoms with van der Waals surface area (Å²) >= 11 is 21.0. The number of ether oxygens (including phenoxy) is 1. The summed E-state index contributed by atoms with van der Waals surface area (Å²) in [6.07, 6.45) is 4.08. The van der Waals surface area contributed by atoms with Crippen LogP contribution in [-0.2, 0) is 4.74 Å². The van der Waals surface area contributed by atoms with Gasteiger partial charge in [0.05, 0.1) is 16.4 Å². The van der Waals surface area contributed by atoms with Crippen LogP contribution in [0.25, 0.3) is 0 Å². The third-order valence-corrected chi connectivity index (χ3v) is 10.4. The fraction of sp³-hybridized carbons (Fsp3) is 0.867. The van der Waals surface area contributed by atoms with Crippen LogP contribution in [0.15, 0.2) is 11.6 Å². The molecule has 1 aliphatic heterocycles. The van der Waals surface area contributed by atoms with E-state index in [1.54, 1.807) is 0 Å². The lowest BCUT2D eigenvalue weighted by atomic mass is 9.51. The first-order valence-electron chi connectivity index (χ1n) is 7.02. The number of halogens is 4. The van der Waals surface area contributed by atoms with E-state index in [9.17, 15) is 0 Å². The van der Waals surface area contributed by atoms with Crippen LogP contribution in [0.2, 0.25) is 0 Å². The number of hydrogen-bond acceptors (Lipinski definition) is 1. The van der Waals surface area contributed by atoms with Crippen molar-refractivity contribution in [3.05, 3.63) is 11.6 Å². The third kappa shape index (κ3) is 1.65. The number of hydrogen-bond donors (Lipinski definition) is 0. The molecule has 2 bridgehead atoms. The molecule has 0 aromatic carbocycles. The molecule has 5 heteroatoms. The van der Waals surface area contributed by atoms with E-state index in [4.69, 9.17) is 27.9 Å². The van der Waals surface area contributed by atoms with Crippen molar-refractivity contribution >= 4 is 55.1 Å². The molecule has 20 heavy (non-hydrogen) atoms. The van der Waals surface area contributed by atoms with Gasteiger partial charge in [0.15, 0.2) is 0 Å². The maximum absolute atomic E-state index is 6.70. The van der Waals surface area contributed by atoms with Gasteiger partial charge in [-0.25, -0.2) is 0 Å². The maximum Gasteiger partial charge on any atom is 0.148 e. The van der Waals surface area contributed by atoms with Gasteiger partial charge in [-0.15, -0.1) is 23.2 Å². The van der Waals surface area contributed by atoms with Gasteiger partial charge in [0.1, 0.15) is 4.51 Å².